The highest BCUT2D eigenvalue weighted by Crippen LogP contribution is 2.41. The van der Waals surface area contributed by atoms with Gasteiger partial charge in [0.15, 0.2) is 0 Å². The normalized spacial score (nSPS) is 17.5. The Labute approximate surface area is 223 Å². The summed E-state index contributed by atoms with van der Waals surface area (Å²) < 4.78 is 5.80. The average Bonchev–Trinajstić information content (AvgIpc) is 3.09. The van der Waals surface area contributed by atoms with Crippen molar-refractivity contribution in [2.45, 2.75) is 40.7 Å². The van der Waals surface area contributed by atoms with Crippen molar-refractivity contribution in [1.29, 1.82) is 0 Å². The summed E-state index contributed by atoms with van der Waals surface area (Å²) in [6.45, 7) is 13.2. The Morgan fingerprint density at radius 2 is 1.78 bits per heavy atom. The van der Waals surface area contributed by atoms with E-state index in [-0.39, 0.29) is 11.3 Å². The number of ketones is 1. The molecular formula is C28H34Cl2N2O4. The fourth-order valence-electron chi connectivity index (χ4n) is 4.33. The van der Waals surface area contributed by atoms with Crippen molar-refractivity contribution in [2.24, 2.45) is 5.92 Å². The number of Topliss-reactive ketones (excluding diaryl/α,β-unsaturated/α-hetero) is 1. The van der Waals surface area contributed by atoms with E-state index in [1.165, 1.54) is 4.90 Å². The fraction of sp³-hybridized carbons (Fsp3) is 0.429. The predicted octanol–water partition coefficient (Wildman–Crippen LogP) is 6.10. The average molecular weight is 533 g/mol. The van der Waals surface area contributed by atoms with Crippen LogP contribution < -0.4 is 4.74 Å². The Morgan fingerprint density at radius 3 is 2.36 bits per heavy atom. The number of benzene rings is 2. The van der Waals surface area contributed by atoms with Crippen molar-refractivity contribution < 1.29 is 19.4 Å². The zero-order valence-corrected chi connectivity index (χ0v) is 23.0. The highest BCUT2D eigenvalue weighted by Gasteiger charge is 2.46. The number of aliphatic hydroxyl groups excluding tert-OH is 1. The summed E-state index contributed by atoms with van der Waals surface area (Å²) in [5.74, 6) is -0.532. The molecule has 2 aromatic carbocycles. The smallest absolute Gasteiger partial charge is 0.295 e. The number of ether oxygens (including phenoxy) is 1. The number of carbonyl (C=O) groups is 2. The molecule has 0 aromatic heterocycles. The van der Waals surface area contributed by atoms with Gasteiger partial charge in [-0.3, -0.25) is 9.59 Å². The summed E-state index contributed by atoms with van der Waals surface area (Å²) in [6, 6.07) is 9.53. The molecule has 6 nitrogen and oxygen atoms in total. The van der Waals surface area contributed by atoms with E-state index in [0.29, 0.717) is 52.5 Å². The molecule has 1 fully saturated rings. The Balaban J connectivity index is 2.09. The Bertz CT molecular complexity index is 1160. The number of likely N-dealkylation sites (tertiary alicyclic amines) is 1. The van der Waals surface area contributed by atoms with Gasteiger partial charge in [-0.25, -0.2) is 0 Å². The lowest BCUT2D eigenvalue weighted by Crippen LogP contribution is -2.38. The number of nitrogens with zero attached hydrogens (tertiary/aromatic N) is 2. The van der Waals surface area contributed by atoms with Crippen LogP contribution in [0.4, 0.5) is 0 Å². The van der Waals surface area contributed by atoms with E-state index in [1.807, 2.05) is 26.8 Å². The van der Waals surface area contributed by atoms with E-state index >= 15 is 0 Å². The molecular weight excluding hydrogens is 499 g/mol. The molecule has 1 heterocycles. The van der Waals surface area contributed by atoms with Crippen LogP contribution in [-0.2, 0) is 9.59 Å². The maximum atomic E-state index is 13.3. The molecule has 1 N–H and O–H groups in total. The topological polar surface area (TPSA) is 70.1 Å². The second-order valence-electron chi connectivity index (χ2n) is 9.37. The third-order valence-electron chi connectivity index (χ3n) is 6.39. The number of halogens is 2. The van der Waals surface area contributed by atoms with E-state index in [1.54, 1.807) is 30.3 Å². The molecule has 8 heteroatoms. The molecule has 1 amide bonds. The number of aliphatic hydroxyl groups is 1. The lowest BCUT2D eigenvalue weighted by Gasteiger charge is -2.28. The van der Waals surface area contributed by atoms with Crippen LogP contribution in [0, 0.1) is 12.8 Å². The fourth-order valence-corrected chi connectivity index (χ4v) is 4.63. The van der Waals surface area contributed by atoms with Gasteiger partial charge in [0.2, 0.25) is 0 Å². The van der Waals surface area contributed by atoms with E-state index < -0.39 is 17.7 Å². The maximum Gasteiger partial charge on any atom is 0.295 e. The number of amides is 1. The van der Waals surface area contributed by atoms with E-state index in [2.05, 4.69) is 18.7 Å². The molecule has 1 aliphatic rings. The number of carbonyl (C=O) groups excluding carboxylic acids is 2. The van der Waals surface area contributed by atoms with E-state index in [4.69, 9.17) is 27.9 Å². The van der Waals surface area contributed by atoms with Gasteiger partial charge in [-0.2, -0.15) is 0 Å². The van der Waals surface area contributed by atoms with Crippen molar-refractivity contribution >= 4 is 40.7 Å². The summed E-state index contributed by atoms with van der Waals surface area (Å²) in [5, 5.41) is 12.1. The molecule has 3 rings (SSSR count). The SMILES string of the molecule is CCN(CC)CCN1C(=O)C(=O)/C(=C(/O)c2ccc(OCC(C)C)cc2C)[C@H]1c1ccc(Cl)c(Cl)c1. The van der Waals surface area contributed by atoms with Crippen molar-refractivity contribution in [3.05, 3.63) is 68.7 Å². The van der Waals surface area contributed by atoms with Crippen LogP contribution in [0.1, 0.15) is 50.4 Å². The third-order valence-corrected chi connectivity index (χ3v) is 7.13. The second kappa shape index (κ2) is 12.1. The van der Waals surface area contributed by atoms with Crippen molar-refractivity contribution in [3.63, 3.8) is 0 Å². The minimum Gasteiger partial charge on any atom is -0.507 e. The summed E-state index contributed by atoms with van der Waals surface area (Å²) in [5.41, 5.74) is 1.85. The van der Waals surface area contributed by atoms with E-state index in [9.17, 15) is 14.7 Å². The Hall–Kier alpha value is -2.54. The van der Waals surface area contributed by atoms with Gasteiger partial charge in [0.05, 0.1) is 28.3 Å². The first-order valence-electron chi connectivity index (χ1n) is 12.3. The first-order chi connectivity index (χ1) is 17.1. The molecule has 1 aliphatic heterocycles. The summed E-state index contributed by atoms with van der Waals surface area (Å²) >= 11 is 12.4. The molecule has 0 saturated carbocycles. The molecule has 0 radical (unpaired) electrons. The molecule has 0 aliphatic carbocycles. The largest absolute Gasteiger partial charge is 0.507 e. The molecule has 36 heavy (non-hydrogen) atoms. The molecule has 194 valence electrons. The first kappa shape index (κ1) is 28.0. The van der Waals surface area contributed by atoms with Crippen LogP contribution in [0.3, 0.4) is 0 Å². The van der Waals surface area contributed by atoms with Crippen LogP contribution in [0.5, 0.6) is 5.75 Å². The Morgan fingerprint density at radius 1 is 1.08 bits per heavy atom. The maximum absolute atomic E-state index is 13.3. The molecule has 2 aromatic rings. The minimum atomic E-state index is -0.786. The van der Waals surface area contributed by atoms with Gasteiger partial charge >= 0.3 is 0 Å². The van der Waals surface area contributed by atoms with Crippen molar-refractivity contribution in [2.75, 3.05) is 32.8 Å². The zero-order valence-electron chi connectivity index (χ0n) is 21.5. The van der Waals surface area contributed by atoms with Gasteiger partial charge in [-0.1, -0.05) is 57.0 Å². The second-order valence-corrected chi connectivity index (χ2v) is 10.2. The van der Waals surface area contributed by atoms with E-state index in [0.717, 1.165) is 18.7 Å². The van der Waals surface area contributed by atoms with Gasteiger partial charge in [-0.15, -0.1) is 0 Å². The van der Waals surface area contributed by atoms with Gasteiger partial charge < -0.3 is 19.6 Å². The third kappa shape index (κ3) is 6.05. The lowest BCUT2D eigenvalue weighted by molar-refractivity contribution is -0.140. The van der Waals surface area contributed by atoms with Crippen molar-refractivity contribution in [1.82, 2.24) is 9.80 Å². The number of hydrogen-bond donors (Lipinski definition) is 1. The van der Waals surface area contributed by atoms with Crippen LogP contribution in [-0.4, -0.2) is 59.4 Å². The van der Waals surface area contributed by atoms with Crippen LogP contribution in [0.2, 0.25) is 10.0 Å². The van der Waals surface area contributed by atoms with Crippen LogP contribution in [0.25, 0.3) is 5.76 Å². The molecule has 0 unspecified atom stereocenters. The zero-order chi connectivity index (χ0) is 26.6. The highest BCUT2D eigenvalue weighted by atomic mass is 35.5. The van der Waals surface area contributed by atoms with Crippen LogP contribution >= 0.6 is 23.2 Å². The number of hydrogen-bond acceptors (Lipinski definition) is 5. The summed E-state index contributed by atoms with van der Waals surface area (Å²) in [6.07, 6.45) is 0. The minimum absolute atomic E-state index is 0.0388. The number of rotatable bonds is 10. The highest BCUT2D eigenvalue weighted by molar-refractivity contribution is 6.47. The first-order valence-corrected chi connectivity index (χ1v) is 13.0. The van der Waals surface area contributed by atoms with Gasteiger partial charge in [0, 0.05) is 18.7 Å². The molecule has 1 saturated heterocycles. The quantitative estimate of drug-likeness (QED) is 0.227. The lowest BCUT2D eigenvalue weighted by atomic mass is 9.94. The molecule has 0 spiro atoms. The predicted molar refractivity (Wildman–Crippen MR) is 145 cm³/mol. The summed E-state index contributed by atoms with van der Waals surface area (Å²) in [7, 11) is 0. The van der Waals surface area contributed by atoms with Crippen LogP contribution in [0.15, 0.2) is 42.0 Å². The molecule has 0 bridgehead atoms. The molecule has 1 atom stereocenters. The number of likely N-dealkylation sites (N-methyl/N-ethyl adjacent to an activating group) is 1. The van der Waals surface area contributed by atoms with Crippen molar-refractivity contribution in [3.8, 4) is 5.75 Å². The number of aryl methyl sites for hydroxylation is 1. The van der Waals surface area contributed by atoms with Gasteiger partial charge in [0.1, 0.15) is 11.5 Å². The van der Waals surface area contributed by atoms with Gasteiger partial charge in [0.25, 0.3) is 11.7 Å². The monoisotopic (exact) mass is 532 g/mol. The summed E-state index contributed by atoms with van der Waals surface area (Å²) in [4.78, 5) is 30.2. The standard InChI is InChI=1S/C28H34Cl2N2O4/c1-6-31(7-2)12-13-32-25(19-8-11-22(29)23(30)15-19)24(27(34)28(32)35)26(33)21-10-9-20(14-18(21)5)36-16-17(3)4/h8-11,14-15,17,25,33H,6-7,12-13,16H2,1-5H3/b26-24+/t25-/m1/s1. The Kier molecular flexibility index (Phi) is 9.45. The van der Waals surface area contributed by atoms with Gasteiger partial charge in [-0.05, 0) is 67.4 Å².